The van der Waals surface area contributed by atoms with Gasteiger partial charge in [-0.25, -0.2) is 0 Å². The molecule has 7 heteroatoms. The lowest BCUT2D eigenvalue weighted by molar-refractivity contribution is -0.138. The zero-order valence-electron chi connectivity index (χ0n) is 12.1. The summed E-state index contributed by atoms with van der Waals surface area (Å²) in [5.41, 5.74) is 1.85. The molecule has 1 heterocycles. The highest BCUT2D eigenvalue weighted by atomic mass is 16.5. The Morgan fingerprint density at radius 1 is 1.32 bits per heavy atom. The highest BCUT2D eigenvalue weighted by molar-refractivity contribution is 5.94. The Hall–Kier alpha value is -2.57. The van der Waals surface area contributed by atoms with Gasteiger partial charge in [0.25, 0.3) is 0 Å². The number of amides is 2. The van der Waals surface area contributed by atoms with Gasteiger partial charge in [0.1, 0.15) is 12.3 Å². The van der Waals surface area contributed by atoms with E-state index in [1.165, 1.54) is 0 Å². The van der Waals surface area contributed by atoms with Gasteiger partial charge < -0.3 is 20.5 Å². The van der Waals surface area contributed by atoms with Crippen LogP contribution in [0.25, 0.3) is 0 Å². The van der Waals surface area contributed by atoms with Gasteiger partial charge in [-0.1, -0.05) is 0 Å². The molecule has 1 aromatic carbocycles. The van der Waals surface area contributed by atoms with E-state index in [4.69, 9.17) is 9.84 Å². The van der Waals surface area contributed by atoms with Crippen LogP contribution in [0.2, 0.25) is 0 Å². The average molecular weight is 306 g/mol. The predicted octanol–water partition coefficient (Wildman–Crippen LogP) is 0.931. The Labute approximate surface area is 127 Å². The van der Waals surface area contributed by atoms with Crippen molar-refractivity contribution >= 4 is 23.5 Å². The molecule has 118 valence electrons. The van der Waals surface area contributed by atoms with E-state index in [2.05, 4.69) is 10.6 Å². The Morgan fingerprint density at radius 3 is 2.91 bits per heavy atom. The van der Waals surface area contributed by atoms with Crippen LogP contribution in [0.15, 0.2) is 18.2 Å². The normalized spacial score (nSPS) is 13.0. The van der Waals surface area contributed by atoms with Crippen LogP contribution in [0.4, 0.5) is 5.69 Å². The summed E-state index contributed by atoms with van der Waals surface area (Å²) in [7, 11) is 0. The number of carbonyl (C=O) groups is 3. The summed E-state index contributed by atoms with van der Waals surface area (Å²) >= 11 is 0. The third-order valence-electron chi connectivity index (χ3n) is 3.23. The monoisotopic (exact) mass is 306 g/mol. The van der Waals surface area contributed by atoms with Crippen LogP contribution in [0.1, 0.15) is 24.8 Å². The first-order valence-corrected chi connectivity index (χ1v) is 7.08. The summed E-state index contributed by atoms with van der Waals surface area (Å²) in [6.07, 6.45) is 1.88. The number of ether oxygens (including phenoxy) is 1. The van der Waals surface area contributed by atoms with Crippen molar-refractivity contribution in [1.29, 1.82) is 0 Å². The topological polar surface area (TPSA) is 105 Å². The van der Waals surface area contributed by atoms with Crippen molar-refractivity contribution in [2.45, 2.75) is 25.7 Å². The minimum Gasteiger partial charge on any atom is -0.494 e. The number of carboxylic acid groups (broad SMARTS) is 1. The van der Waals surface area contributed by atoms with E-state index in [0.717, 1.165) is 11.3 Å². The maximum atomic E-state index is 11.3. The van der Waals surface area contributed by atoms with Gasteiger partial charge in [-0.3, -0.25) is 14.4 Å². The molecular weight excluding hydrogens is 288 g/mol. The third-order valence-corrected chi connectivity index (χ3v) is 3.23. The molecule has 0 saturated carbocycles. The van der Waals surface area contributed by atoms with Gasteiger partial charge in [0, 0.05) is 18.5 Å². The number of aryl methyl sites for hydroxylation is 1. The Bertz CT molecular complexity index is 585. The summed E-state index contributed by atoms with van der Waals surface area (Å²) in [6.45, 7) is 0.00186. The highest BCUT2D eigenvalue weighted by Crippen LogP contribution is 2.26. The largest absolute Gasteiger partial charge is 0.494 e. The Balaban J connectivity index is 1.72. The zero-order chi connectivity index (χ0) is 15.9. The van der Waals surface area contributed by atoms with Crippen molar-refractivity contribution in [3.63, 3.8) is 0 Å². The smallest absolute Gasteiger partial charge is 0.322 e. The summed E-state index contributed by atoms with van der Waals surface area (Å²) < 4.78 is 5.57. The van der Waals surface area contributed by atoms with Gasteiger partial charge >= 0.3 is 5.97 Å². The number of rotatable bonds is 7. The molecule has 1 aliphatic heterocycles. The molecule has 2 amide bonds. The fourth-order valence-corrected chi connectivity index (χ4v) is 2.13. The van der Waals surface area contributed by atoms with Gasteiger partial charge in [-0.2, -0.15) is 0 Å². The maximum absolute atomic E-state index is 11.3. The van der Waals surface area contributed by atoms with Crippen LogP contribution in [0, 0.1) is 0 Å². The summed E-state index contributed by atoms with van der Waals surface area (Å²) in [4.78, 5) is 32.9. The molecule has 0 fully saturated rings. The van der Waals surface area contributed by atoms with Crippen LogP contribution < -0.4 is 15.4 Å². The van der Waals surface area contributed by atoms with Gasteiger partial charge in [0.15, 0.2) is 0 Å². The fourth-order valence-electron chi connectivity index (χ4n) is 2.13. The van der Waals surface area contributed by atoms with Crippen LogP contribution in [0.5, 0.6) is 5.75 Å². The first kappa shape index (κ1) is 15.8. The number of carboxylic acids is 1. The van der Waals surface area contributed by atoms with E-state index >= 15 is 0 Å². The Kier molecular flexibility index (Phi) is 5.35. The van der Waals surface area contributed by atoms with Crippen LogP contribution in [-0.4, -0.2) is 36.0 Å². The van der Waals surface area contributed by atoms with Gasteiger partial charge in [-0.15, -0.1) is 0 Å². The number of nitrogens with one attached hydrogen (secondary N) is 2. The van der Waals surface area contributed by atoms with Crippen molar-refractivity contribution in [3.05, 3.63) is 23.8 Å². The molecule has 2 rings (SSSR count). The molecule has 0 radical (unpaired) electrons. The molecule has 0 bridgehead atoms. The van der Waals surface area contributed by atoms with Crippen molar-refractivity contribution in [2.24, 2.45) is 0 Å². The number of hydrogen-bond acceptors (Lipinski definition) is 4. The van der Waals surface area contributed by atoms with E-state index in [9.17, 15) is 14.4 Å². The quantitative estimate of drug-likeness (QED) is 0.650. The number of anilines is 1. The van der Waals surface area contributed by atoms with Gasteiger partial charge in [0.2, 0.25) is 11.8 Å². The molecule has 0 saturated heterocycles. The highest BCUT2D eigenvalue weighted by Gasteiger charge is 2.15. The van der Waals surface area contributed by atoms with E-state index in [-0.39, 0.29) is 24.8 Å². The summed E-state index contributed by atoms with van der Waals surface area (Å²) in [5, 5.41) is 13.5. The number of fused-ring (bicyclic) bond motifs is 1. The van der Waals surface area contributed by atoms with Crippen molar-refractivity contribution in [2.75, 3.05) is 18.5 Å². The minimum atomic E-state index is -1.06. The van der Waals surface area contributed by atoms with Crippen molar-refractivity contribution in [1.82, 2.24) is 5.32 Å². The number of hydrogen-bond donors (Lipinski definition) is 3. The number of benzene rings is 1. The van der Waals surface area contributed by atoms with E-state index in [1.807, 2.05) is 6.07 Å². The van der Waals surface area contributed by atoms with E-state index in [0.29, 0.717) is 31.6 Å². The molecule has 0 aliphatic carbocycles. The second-order valence-corrected chi connectivity index (χ2v) is 4.99. The van der Waals surface area contributed by atoms with Crippen LogP contribution >= 0.6 is 0 Å². The molecule has 0 aromatic heterocycles. The first-order valence-electron chi connectivity index (χ1n) is 7.08. The lowest BCUT2D eigenvalue weighted by Crippen LogP contribution is -2.29. The molecular formula is C15H18N2O5. The van der Waals surface area contributed by atoms with Gasteiger partial charge in [-0.05, 0) is 36.6 Å². The fraction of sp³-hybridized carbons (Fsp3) is 0.400. The molecule has 0 spiro atoms. The number of aliphatic carboxylic acids is 1. The lowest BCUT2D eigenvalue weighted by atomic mass is 10.0. The molecule has 3 N–H and O–H groups in total. The molecule has 22 heavy (non-hydrogen) atoms. The second kappa shape index (κ2) is 7.44. The first-order chi connectivity index (χ1) is 10.5. The Morgan fingerprint density at radius 2 is 2.14 bits per heavy atom. The van der Waals surface area contributed by atoms with Gasteiger partial charge in [0.05, 0.1) is 6.61 Å². The molecule has 0 atom stereocenters. The zero-order valence-corrected chi connectivity index (χ0v) is 12.1. The standard InChI is InChI=1S/C15H18N2O5/c18-13(16-9-15(20)21)2-1-7-22-11-4-5-12-10(8-11)3-6-14(19)17-12/h4-5,8H,1-3,6-7,9H2,(H,16,18)(H,17,19)(H,20,21). The van der Waals surface area contributed by atoms with E-state index < -0.39 is 5.97 Å². The third kappa shape index (κ3) is 4.76. The van der Waals surface area contributed by atoms with Crippen molar-refractivity contribution < 1.29 is 24.2 Å². The maximum Gasteiger partial charge on any atom is 0.322 e. The molecule has 7 nitrogen and oxygen atoms in total. The molecule has 1 aliphatic rings. The number of carbonyl (C=O) groups excluding carboxylic acids is 2. The SMILES string of the molecule is O=C(O)CNC(=O)CCCOc1ccc2c(c1)CCC(=O)N2. The second-order valence-electron chi connectivity index (χ2n) is 4.99. The minimum absolute atomic E-state index is 0.0218. The van der Waals surface area contributed by atoms with Crippen LogP contribution in [0.3, 0.4) is 0 Å². The molecule has 1 aromatic rings. The average Bonchev–Trinajstić information content (AvgIpc) is 2.49. The molecule has 0 unspecified atom stereocenters. The van der Waals surface area contributed by atoms with Crippen LogP contribution in [-0.2, 0) is 20.8 Å². The van der Waals surface area contributed by atoms with E-state index in [1.54, 1.807) is 12.1 Å². The lowest BCUT2D eigenvalue weighted by Gasteiger charge is -2.17. The summed E-state index contributed by atoms with van der Waals surface area (Å²) in [6, 6.07) is 5.47. The predicted molar refractivity (Wildman–Crippen MR) is 78.8 cm³/mol. The van der Waals surface area contributed by atoms with Crippen molar-refractivity contribution in [3.8, 4) is 5.75 Å². The summed E-state index contributed by atoms with van der Waals surface area (Å²) in [5.74, 6) is -0.653.